The van der Waals surface area contributed by atoms with Crippen molar-refractivity contribution in [3.63, 3.8) is 0 Å². The number of halogens is 1. The predicted octanol–water partition coefficient (Wildman–Crippen LogP) is 3.37. The number of nitrogens with zero attached hydrogens (tertiary/aromatic N) is 2. The predicted molar refractivity (Wildman–Crippen MR) is 75.9 cm³/mol. The van der Waals surface area contributed by atoms with Crippen LogP contribution in [0.3, 0.4) is 0 Å². The SMILES string of the molecule is O=C(c1cc(-n2cccc2)ccc1Cl)N1CCCC1. The molecule has 1 aromatic carbocycles. The van der Waals surface area contributed by atoms with Gasteiger partial charge in [0.2, 0.25) is 0 Å². The van der Waals surface area contributed by atoms with Crippen LogP contribution in [0.2, 0.25) is 5.02 Å². The minimum Gasteiger partial charge on any atom is -0.339 e. The molecule has 1 amide bonds. The van der Waals surface area contributed by atoms with E-state index in [2.05, 4.69) is 0 Å². The Morgan fingerprint density at radius 1 is 1.11 bits per heavy atom. The third kappa shape index (κ3) is 2.38. The van der Waals surface area contributed by atoms with E-state index < -0.39 is 0 Å². The van der Waals surface area contributed by atoms with E-state index in [9.17, 15) is 4.79 Å². The number of carbonyl (C=O) groups excluding carboxylic acids is 1. The van der Waals surface area contributed by atoms with E-state index in [4.69, 9.17) is 11.6 Å². The van der Waals surface area contributed by atoms with Gasteiger partial charge in [-0.2, -0.15) is 0 Å². The average Bonchev–Trinajstić information content (AvgIpc) is 3.11. The van der Waals surface area contributed by atoms with E-state index in [1.807, 2.05) is 46.1 Å². The van der Waals surface area contributed by atoms with Crippen LogP contribution < -0.4 is 0 Å². The molecule has 0 bridgehead atoms. The van der Waals surface area contributed by atoms with Crippen LogP contribution in [0, 0.1) is 0 Å². The number of rotatable bonds is 2. The second kappa shape index (κ2) is 5.10. The lowest BCUT2D eigenvalue weighted by atomic mass is 10.1. The molecule has 4 heteroatoms. The van der Waals surface area contributed by atoms with Crippen molar-refractivity contribution in [1.29, 1.82) is 0 Å². The first-order valence-electron chi connectivity index (χ1n) is 6.48. The molecule has 0 N–H and O–H groups in total. The fraction of sp³-hybridized carbons (Fsp3) is 0.267. The number of carbonyl (C=O) groups is 1. The van der Waals surface area contributed by atoms with Crippen molar-refractivity contribution in [2.45, 2.75) is 12.8 Å². The van der Waals surface area contributed by atoms with Crippen LogP contribution in [0.5, 0.6) is 0 Å². The summed E-state index contributed by atoms with van der Waals surface area (Å²) >= 11 is 6.17. The van der Waals surface area contributed by atoms with Gasteiger partial charge < -0.3 is 9.47 Å². The van der Waals surface area contributed by atoms with Gasteiger partial charge in [0.05, 0.1) is 10.6 Å². The molecule has 1 aliphatic rings. The van der Waals surface area contributed by atoms with Gasteiger partial charge in [0.25, 0.3) is 5.91 Å². The van der Waals surface area contributed by atoms with Gasteiger partial charge in [0, 0.05) is 31.2 Å². The zero-order chi connectivity index (χ0) is 13.2. The monoisotopic (exact) mass is 274 g/mol. The summed E-state index contributed by atoms with van der Waals surface area (Å²) in [6.07, 6.45) is 6.07. The topological polar surface area (TPSA) is 25.2 Å². The van der Waals surface area contributed by atoms with Gasteiger partial charge in [-0.15, -0.1) is 0 Å². The van der Waals surface area contributed by atoms with Gasteiger partial charge in [-0.3, -0.25) is 4.79 Å². The van der Waals surface area contributed by atoms with Gasteiger partial charge >= 0.3 is 0 Å². The summed E-state index contributed by atoms with van der Waals surface area (Å²) in [5.41, 5.74) is 1.55. The molecule has 1 aliphatic heterocycles. The van der Waals surface area contributed by atoms with Gasteiger partial charge in [-0.1, -0.05) is 11.6 Å². The Labute approximate surface area is 117 Å². The number of amides is 1. The molecule has 0 saturated carbocycles. The highest BCUT2D eigenvalue weighted by Crippen LogP contribution is 2.23. The smallest absolute Gasteiger partial charge is 0.255 e. The van der Waals surface area contributed by atoms with E-state index in [0.717, 1.165) is 31.6 Å². The number of hydrogen-bond acceptors (Lipinski definition) is 1. The highest BCUT2D eigenvalue weighted by atomic mass is 35.5. The van der Waals surface area contributed by atoms with Gasteiger partial charge in [-0.05, 0) is 43.2 Å². The van der Waals surface area contributed by atoms with Crippen LogP contribution in [0.1, 0.15) is 23.2 Å². The summed E-state index contributed by atoms with van der Waals surface area (Å²) in [4.78, 5) is 14.3. The molecular formula is C15H15ClN2O. The third-order valence-electron chi connectivity index (χ3n) is 3.48. The molecule has 3 rings (SSSR count). The summed E-state index contributed by atoms with van der Waals surface area (Å²) in [5, 5.41) is 0.521. The van der Waals surface area contributed by atoms with Crippen molar-refractivity contribution in [1.82, 2.24) is 9.47 Å². The highest BCUT2D eigenvalue weighted by Gasteiger charge is 2.21. The van der Waals surface area contributed by atoms with E-state index >= 15 is 0 Å². The number of hydrogen-bond donors (Lipinski definition) is 0. The van der Waals surface area contributed by atoms with Crippen molar-refractivity contribution < 1.29 is 4.79 Å². The van der Waals surface area contributed by atoms with E-state index in [-0.39, 0.29) is 5.91 Å². The maximum absolute atomic E-state index is 12.4. The van der Waals surface area contributed by atoms with Crippen LogP contribution in [0.4, 0.5) is 0 Å². The second-order valence-electron chi connectivity index (χ2n) is 4.75. The van der Waals surface area contributed by atoms with Crippen molar-refractivity contribution in [2.24, 2.45) is 0 Å². The molecule has 3 nitrogen and oxygen atoms in total. The van der Waals surface area contributed by atoms with Crippen LogP contribution in [-0.4, -0.2) is 28.5 Å². The first-order chi connectivity index (χ1) is 9.25. The molecule has 1 aromatic heterocycles. The quantitative estimate of drug-likeness (QED) is 0.824. The molecule has 1 fully saturated rings. The average molecular weight is 275 g/mol. The second-order valence-corrected chi connectivity index (χ2v) is 5.16. The van der Waals surface area contributed by atoms with Crippen molar-refractivity contribution in [3.8, 4) is 5.69 Å². The van der Waals surface area contributed by atoms with Crippen LogP contribution in [0.25, 0.3) is 5.69 Å². The largest absolute Gasteiger partial charge is 0.339 e. The normalized spacial score (nSPS) is 14.9. The van der Waals surface area contributed by atoms with Crippen LogP contribution in [-0.2, 0) is 0 Å². The molecule has 0 radical (unpaired) electrons. The zero-order valence-electron chi connectivity index (χ0n) is 10.6. The van der Waals surface area contributed by atoms with Crippen molar-refractivity contribution >= 4 is 17.5 Å². The van der Waals surface area contributed by atoms with Gasteiger partial charge in [0.1, 0.15) is 0 Å². The number of likely N-dealkylation sites (tertiary alicyclic amines) is 1. The molecule has 0 unspecified atom stereocenters. The lowest BCUT2D eigenvalue weighted by molar-refractivity contribution is 0.0793. The minimum absolute atomic E-state index is 0.0384. The van der Waals surface area contributed by atoms with E-state index in [1.165, 1.54) is 0 Å². The molecule has 0 spiro atoms. The van der Waals surface area contributed by atoms with Crippen LogP contribution in [0.15, 0.2) is 42.7 Å². The van der Waals surface area contributed by atoms with Crippen molar-refractivity contribution in [2.75, 3.05) is 13.1 Å². The molecule has 98 valence electrons. The fourth-order valence-corrected chi connectivity index (χ4v) is 2.63. The third-order valence-corrected chi connectivity index (χ3v) is 3.81. The first kappa shape index (κ1) is 12.3. The number of benzene rings is 1. The summed E-state index contributed by atoms with van der Waals surface area (Å²) < 4.78 is 1.97. The lowest BCUT2D eigenvalue weighted by Crippen LogP contribution is -2.27. The van der Waals surface area contributed by atoms with Gasteiger partial charge in [0.15, 0.2) is 0 Å². The Bertz CT molecular complexity index is 586. The Kier molecular flexibility index (Phi) is 3.30. The Hall–Kier alpha value is -1.74. The Morgan fingerprint density at radius 2 is 1.79 bits per heavy atom. The number of aromatic nitrogens is 1. The summed E-state index contributed by atoms with van der Waals surface area (Å²) in [7, 11) is 0. The molecule has 1 saturated heterocycles. The molecule has 0 aliphatic carbocycles. The first-order valence-corrected chi connectivity index (χ1v) is 6.86. The molecular weight excluding hydrogens is 260 g/mol. The van der Waals surface area contributed by atoms with Crippen molar-refractivity contribution in [3.05, 3.63) is 53.3 Å². The summed E-state index contributed by atoms with van der Waals surface area (Å²) in [5.74, 6) is 0.0384. The molecule has 2 heterocycles. The molecule has 2 aromatic rings. The molecule has 19 heavy (non-hydrogen) atoms. The van der Waals surface area contributed by atoms with E-state index in [0.29, 0.717) is 10.6 Å². The van der Waals surface area contributed by atoms with E-state index in [1.54, 1.807) is 6.07 Å². The summed E-state index contributed by atoms with van der Waals surface area (Å²) in [6, 6.07) is 9.49. The Balaban J connectivity index is 1.96. The highest BCUT2D eigenvalue weighted by molar-refractivity contribution is 6.33. The van der Waals surface area contributed by atoms with Gasteiger partial charge in [-0.25, -0.2) is 0 Å². The minimum atomic E-state index is 0.0384. The fourth-order valence-electron chi connectivity index (χ4n) is 2.43. The van der Waals surface area contributed by atoms with Crippen LogP contribution >= 0.6 is 11.6 Å². The maximum atomic E-state index is 12.4. The summed E-state index contributed by atoms with van der Waals surface area (Å²) in [6.45, 7) is 1.67. The molecule has 0 atom stereocenters. The zero-order valence-corrected chi connectivity index (χ0v) is 11.3. The Morgan fingerprint density at radius 3 is 2.47 bits per heavy atom. The lowest BCUT2D eigenvalue weighted by Gasteiger charge is -2.17. The maximum Gasteiger partial charge on any atom is 0.255 e. The standard InChI is InChI=1S/C15H15ClN2O/c16-14-6-5-12(17-7-1-2-8-17)11-13(14)15(19)18-9-3-4-10-18/h1-2,5-8,11H,3-4,9-10H2.